The summed E-state index contributed by atoms with van der Waals surface area (Å²) in [5.41, 5.74) is -3.00. The highest BCUT2D eigenvalue weighted by Gasteiger charge is 2.30. The highest BCUT2D eigenvalue weighted by Crippen LogP contribution is 2.38. The first-order valence-electron chi connectivity index (χ1n) is 6.03. The number of phenolic OH excluding ortho intramolecular Hbond substituents is 1. The quantitative estimate of drug-likeness (QED) is 0.617. The van der Waals surface area contributed by atoms with Crippen molar-refractivity contribution < 1.29 is 19.9 Å². The molecule has 0 aromatic heterocycles. The monoisotopic (exact) mass is 325 g/mol. The Morgan fingerprint density at radius 2 is 1.61 bits per heavy atom. The number of nitrogens with zero attached hydrogens (tertiary/aromatic N) is 4. The van der Waals surface area contributed by atoms with Crippen LogP contribution in [0.1, 0.15) is 0 Å². The molecule has 0 atom stereocenters. The number of nitro benzene ring substituents is 3. The van der Waals surface area contributed by atoms with E-state index >= 15 is 0 Å². The fraction of sp³-hybridized carbons (Fsp3) is 0.182. The summed E-state index contributed by atoms with van der Waals surface area (Å²) in [5, 5.41) is 43.3. The molecule has 12 heteroatoms. The summed E-state index contributed by atoms with van der Waals surface area (Å²) in [5.74, 6) is -1.21. The second kappa shape index (κ2) is 8.02. The van der Waals surface area contributed by atoms with E-state index < -0.39 is 37.6 Å². The lowest BCUT2D eigenvalue weighted by Gasteiger charge is -1.97. The Labute approximate surface area is 128 Å². The standard InChI is InChI=1S/C6H3N3O7.C5H8N2/c10-6-4(8(13)14)1-3(7(11)12)2-5(6)9(15)16;1-2-6-4-5-7-3-1/h1-2,10H;1-3,6H,4-5H2. The lowest BCUT2D eigenvalue weighted by molar-refractivity contribution is -0.404. The van der Waals surface area contributed by atoms with Crippen molar-refractivity contribution in [1.82, 2.24) is 5.32 Å². The highest BCUT2D eigenvalue weighted by molar-refractivity contribution is 5.71. The van der Waals surface area contributed by atoms with Crippen LogP contribution in [0.5, 0.6) is 5.75 Å². The smallest absolute Gasteiger partial charge is 0.324 e. The first kappa shape index (κ1) is 17.5. The second-order valence-corrected chi connectivity index (χ2v) is 3.97. The molecule has 1 heterocycles. The molecule has 2 rings (SSSR count). The maximum atomic E-state index is 10.4. The van der Waals surface area contributed by atoms with Crippen LogP contribution in [0.15, 0.2) is 29.4 Å². The van der Waals surface area contributed by atoms with Crippen LogP contribution in [0.25, 0.3) is 0 Å². The fourth-order valence-corrected chi connectivity index (χ4v) is 1.43. The van der Waals surface area contributed by atoms with Crippen LogP contribution in [0.2, 0.25) is 0 Å². The number of allylic oxidation sites excluding steroid dienone is 1. The summed E-state index contributed by atoms with van der Waals surface area (Å²) in [6, 6.07) is 0.894. The first-order valence-corrected chi connectivity index (χ1v) is 6.03. The number of aromatic hydroxyl groups is 1. The maximum absolute atomic E-state index is 10.4. The van der Waals surface area contributed by atoms with Gasteiger partial charge in [-0.05, 0) is 12.3 Å². The molecule has 1 aliphatic rings. The SMILES string of the molecule is C1=CNCCN=C1.O=[N+]([O-])c1cc([N+](=O)[O-])c(O)c([N+](=O)[O-])c1. The van der Waals surface area contributed by atoms with Crippen LogP contribution in [0.4, 0.5) is 17.1 Å². The molecule has 0 spiro atoms. The van der Waals surface area contributed by atoms with Gasteiger partial charge in [0.1, 0.15) is 0 Å². The van der Waals surface area contributed by atoms with Crippen LogP contribution in [-0.4, -0.2) is 39.2 Å². The van der Waals surface area contributed by atoms with Crippen molar-refractivity contribution in [2.75, 3.05) is 13.1 Å². The van der Waals surface area contributed by atoms with Crippen molar-refractivity contribution in [3.8, 4) is 5.75 Å². The average molecular weight is 325 g/mol. The van der Waals surface area contributed by atoms with Gasteiger partial charge >= 0.3 is 11.4 Å². The van der Waals surface area contributed by atoms with E-state index in [2.05, 4.69) is 10.3 Å². The molecular weight excluding hydrogens is 314 g/mol. The molecule has 2 N–H and O–H groups in total. The zero-order chi connectivity index (χ0) is 17.4. The molecule has 0 fully saturated rings. The van der Waals surface area contributed by atoms with Crippen LogP contribution in [0.3, 0.4) is 0 Å². The molecule has 0 amide bonds. The van der Waals surface area contributed by atoms with E-state index in [1.165, 1.54) is 0 Å². The van der Waals surface area contributed by atoms with Gasteiger partial charge in [0.15, 0.2) is 0 Å². The van der Waals surface area contributed by atoms with Crippen molar-refractivity contribution >= 4 is 23.3 Å². The van der Waals surface area contributed by atoms with Crippen LogP contribution >= 0.6 is 0 Å². The summed E-state index contributed by atoms with van der Waals surface area (Å²) < 4.78 is 0. The molecule has 0 aliphatic carbocycles. The third-order valence-corrected chi connectivity index (χ3v) is 2.45. The highest BCUT2D eigenvalue weighted by atomic mass is 16.6. The van der Waals surface area contributed by atoms with Crippen molar-refractivity contribution in [3.63, 3.8) is 0 Å². The zero-order valence-electron chi connectivity index (χ0n) is 11.5. The number of phenols is 1. The third-order valence-electron chi connectivity index (χ3n) is 2.45. The van der Waals surface area contributed by atoms with Crippen LogP contribution < -0.4 is 5.32 Å². The molecule has 1 aliphatic heterocycles. The van der Waals surface area contributed by atoms with Gasteiger partial charge in [0.2, 0.25) is 0 Å². The van der Waals surface area contributed by atoms with Gasteiger partial charge in [0.05, 0.1) is 33.4 Å². The van der Waals surface area contributed by atoms with E-state index in [-0.39, 0.29) is 0 Å². The van der Waals surface area contributed by atoms with E-state index in [0.717, 1.165) is 13.1 Å². The summed E-state index contributed by atoms with van der Waals surface area (Å²) in [4.78, 5) is 31.8. The number of benzene rings is 1. The minimum absolute atomic E-state index is 0.447. The lowest BCUT2D eigenvalue weighted by Crippen LogP contribution is -2.07. The minimum Gasteiger partial charge on any atom is -0.497 e. The molecule has 12 nitrogen and oxygen atoms in total. The van der Waals surface area contributed by atoms with E-state index in [0.29, 0.717) is 12.1 Å². The van der Waals surface area contributed by atoms with Gasteiger partial charge in [0, 0.05) is 12.8 Å². The summed E-state index contributed by atoms with van der Waals surface area (Å²) >= 11 is 0. The largest absolute Gasteiger partial charge is 0.497 e. The van der Waals surface area contributed by atoms with Crippen molar-refractivity contribution in [2.45, 2.75) is 0 Å². The Bertz CT molecular complexity index is 638. The number of non-ortho nitro benzene ring substituents is 1. The number of aliphatic imine (C=N–C) groups is 1. The predicted octanol–water partition coefficient (Wildman–Crippen LogP) is 1.29. The van der Waals surface area contributed by atoms with Gasteiger partial charge in [-0.3, -0.25) is 35.3 Å². The lowest BCUT2D eigenvalue weighted by atomic mass is 10.2. The number of hydrogen-bond donors (Lipinski definition) is 2. The molecule has 0 bridgehead atoms. The number of nitro groups is 3. The Hall–Kier alpha value is -3.57. The number of rotatable bonds is 3. The average Bonchev–Trinajstić information content (AvgIpc) is 2.79. The molecule has 0 saturated carbocycles. The molecule has 0 radical (unpaired) electrons. The summed E-state index contributed by atoms with van der Waals surface area (Å²) in [7, 11) is 0. The molecule has 0 unspecified atom stereocenters. The third kappa shape index (κ3) is 5.04. The molecule has 1 aromatic rings. The van der Waals surface area contributed by atoms with Crippen LogP contribution in [0, 0.1) is 30.3 Å². The van der Waals surface area contributed by atoms with E-state index in [4.69, 9.17) is 5.11 Å². The molecule has 1 aromatic carbocycles. The van der Waals surface area contributed by atoms with Gasteiger partial charge in [0.25, 0.3) is 11.4 Å². The van der Waals surface area contributed by atoms with Gasteiger partial charge in [-0.1, -0.05) is 0 Å². The van der Waals surface area contributed by atoms with Gasteiger partial charge in [-0.2, -0.15) is 0 Å². The van der Waals surface area contributed by atoms with Gasteiger partial charge < -0.3 is 10.4 Å². The Balaban J connectivity index is 0.000000313. The van der Waals surface area contributed by atoms with E-state index in [1.54, 1.807) is 6.21 Å². The molecular formula is C11H11N5O7. The van der Waals surface area contributed by atoms with Crippen molar-refractivity contribution in [2.24, 2.45) is 4.99 Å². The Morgan fingerprint density at radius 3 is 2.09 bits per heavy atom. The number of nitrogens with one attached hydrogen (secondary N) is 1. The summed E-state index contributed by atoms with van der Waals surface area (Å²) in [6.45, 7) is 1.86. The normalized spacial score (nSPS) is 12.3. The fourth-order valence-electron chi connectivity index (χ4n) is 1.43. The van der Waals surface area contributed by atoms with E-state index in [1.807, 2.05) is 12.3 Å². The van der Waals surface area contributed by atoms with Gasteiger partial charge in [-0.15, -0.1) is 0 Å². The predicted molar refractivity (Wildman–Crippen MR) is 78.6 cm³/mol. The molecule has 0 saturated heterocycles. The minimum atomic E-state index is -1.21. The van der Waals surface area contributed by atoms with Crippen LogP contribution in [-0.2, 0) is 0 Å². The van der Waals surface area contributed by atoms with E-state index in [9.17, 15) is 30.3 Å². The number of hydrogen-bond acceptors (Lipinski definition) is 9. The van der Waals surface area contributed by atoms with Crippen molar-refractivity contribution in [3.05, 3.63) is 54.8 Å². The molecule has 122 valence electrons. The zero-order valence-corrected chi connectivity index (χ0v) is 11.5. The first-order chi connectivity index (χ1) is 10.8. The van der Waals surface area contributed by atoms with Crippen molar-refractivity contribution in [1.29, 1.82) is 0 Å². The second-order valence-electron chi connectivity index (χ2n) is 3.97. The Morgan fingerprint density at radius 1 is 1.04 bits per heavy atom. The summed E-state index contributed by atoms with van der Waals surface area (Å²) in [6.07, 6.45) is 5.60. The molecule has 23 heavy (non-hydrogen) atoms. The maximum Gasteiger partial charge on any atom is 0.324 e. The Kier molecular flexibility index (Phi) is 6.09. The topological polar surface area (TPSA) is 174 Å². The van der Waals surface area contributed by atoms with Gasteiger partial charge in [-0.25, -0.2) is 0 Å².